The highest BCUT2D eigenvalue weighted by atomic mass is 19.1. The van der Waals surface area contributed by atoms with Gasteiger partial charge in [-0.25, -0.2) is 18.7 Å². The fourth-order valence-corrected chi connectivity index (χ4v) is 4.57. The molecule has 9 nitrogen and oxygen atoms in total. The number of aliphatic hydroxyl groups excluding tert-OH is 2. The first kappa shape index (κ1) is 21.5. The number of pyridine rings is 1. The molecule has 2 aliphatic heterocycles. The number of carbonyl (C=O) groups excluding carboxylic acids is 1. The average Bonchev–Trinajstić information content (AvgIpc) is 3.49. The minimum atomic E-state index is -1.27. The van der Waals surface area contributed by atoms with Crippen molar-refractivity contribution >= 4 is 17.4 Å². The van der Waals surface area contributed by atoms with Crippen LogP contribution in [0.2, 0.25) is 0 Å². The lowest BCUT2D eigenvalue weighted by molar-refractivity contribution is -0.125. The highest BCUT2D eigenvalue weighted by Gasteiger charge is 2.41. The third kappa shape index (κ3) is 3.76. The van der Waals surface area contributed by atoms with E-state index in [0.717, 1.165) is 6.20 Å². The number of aliphatic imine (C=N–C) groups is 1. The predicted octanol–water partition coefficient (Wildman–Crippen LogP) is 1.01. The zero-order valence-electron chi connectivity index (χ0n) is 17.7. The number of rotatable bonds is 4. The van der Waals surface area contributed by atoms with Crippen LogP contribution in [0.25, 0.3) is 0 Å². The standard InChI is InChI=1S/C22H22F2N6O3/c1-10-13(4-11(23)6-25-10)16-5-12(24)8-30(16)22(33)19-18-15(7-26-19)27-9-28-21(18)29-14-2-3-17(31)20(14)32/h2-4,6,9,12,14,16-17,20,31-32H,5,7-8H2,1H3,(H,27,28,29)/t12-,14+,16+,17+,20-/m0/s1. The SMILES string of the molecule is Cc1ncc(F)cc1[C@H]1C[C@H](F)CN1C(=O)C1=NCc2ncnc(N[C@@H]3C=C[C@@H](O)[C@H]3O)c21. The molecule has 2 aromatic rings. The molecule has 1 amide bonds. The number of carbonyl (C=O) groups is 1. The van der Waals surface area contributed by atoms with E-state index in [9.17, 15) is 23.8 Å². The van der Waals surface area contributed by atoms with Crippen molar-refractivity contribution in [3.05, 3.63) is 59.1 Å². The summed E-state index contributed by atoms with van der Waals surface area (Å²) in [6.07, 6.45) is 2.16. The Hall–Kier alpha value is -3.31. The van der Waals surface area contributed by atoms with E-state index in [4.69, 9.17) is 0 Å². The maximum atomic E-state index is 14.5. The second-order valence-corrected chi connectivity index (χ2v) is 8.38. The van der Waals surface area contributed by atoms with Crippen LogP contribution in [0.5, 0.6) is 0 Å². The van der Waals surface area contributed by atoms with Gasteiger partial charge in [-0.15, -0.1) is 0 Å². The highest BCUT2D eigenvalue weighted by Crippen LogP contribution is 2.37. The predicted molar refractivity (Wildman–Crippen MR) is 114 cm³/mol. The number of nitrogens with zero attached hydrogens (tertiary/aromatic N) is 5. The molecule has 3 N–H and O–H groups in total. The first-order valence-corrected chi connectivity index (χ1v) is 10.6. The monoisotopic (exact) mass is 456 g/mol. The molecule has 11 heteroatoms. The van der Waals surface area contributed by atoms with Crippen molar-refractivity contribution in [1.29, 1.82) is 0 Å². The number of amides is 1. The van der Waals surface area contributed by atoms with Crippen LogP contribution in [0.4, 0.5) is 14.6 Å². The number of aliphatic hydroxyl groups is 2. The Bertz CT molecular complexity index is 1170. The summed E-state index contributed by atoms with van der Waals surface area (Å²) in [6, 6.07) is -0.0183. The van der Waals surface area contributed by atoms with Gasteiger partial charge in [0, 0.05) is 12.1 Å². The number of fused-ring (bicyclic) bond motifs is 1. The zero-order valence-corrected chi connectivity index (χ0v) is 17.7. The number of anilines is 1. The van der Waals surface area contributed by atoms with E-state index in [1.807, 2.05) is 0 Å². The minimum absolute atomic E-state index is 0.0329. The Kier molecular flexibility index (Phi) is 5.37. The second kappa shape index (κ2) is 8.23. The summed E-state index contributed by atoms with van der Waals surface area (Å²) in [5, 5.41) is 22.9. The Morgan fingerprint density at radius 1 is 1.24 bits per heavy atom. The Morgan fingerprint density at radius 3 is 2.82 bits per heavy atom. The minimum Gasteiger partial charge on any atom is -0.388 e. The van der Waals surface area contributed by atoms with Crippen LogP contribution < -0.4 is 5.32 Å². The summed E-state index contributed by atoms with van der Waals surface area (Å²) in [7, 11) is 0. The van der Waals surface area contributed by atoms with Gasteiger partial charge in [-0.3, -0.25) is 14.8 Å². The molecule has 33 heavy (non-hydrogen) atoms. The van der Waals surface area contributed by atoms with Crippen LogP contribution >= 0.6 is 0 Å². The van der Waals surface area contributed by atoms with Gasteiger partial charge in [-0.05, 0) is 18.6 Å². The normalized spacial score (nSPS) is 28.2. The Balaban J connectivity index is 1.46. The number of hydrogen-bond donors (Lipinski definition) is 3. The average molecular weight is 456 g/mol. The van der Waals surface area contributed by atoms with Gasteiger partial charge < -0.3 is 20.4 Å². The number of alkyl halides is 1. The Morgan fingerprint density at radius 2 is 2.06 bits per heavy atom. The number of nitrogens with one attached hydrogen (secondary N) is 1. The maximum absolute atomic E-state index is 14.5. The van der Waals surface area contributed by atoms with Gasteiger partial charge in [0.05, 0.1) is 42.6 Å². The van der Waals surface area contributed by atoms with Crippen LogP contribution in [0.1, 0.15) is 35.0 Å². The van der Waals surface area contributed by atoms with Crippen LogP contribution in [0.15, 0.2) is 35.7 Å². The number of likely N-dealkylation sites (tertiary alicyclic amines) is 1. The number of aromatic nitrogens is 3. The van der Waals surface area contributed by atoms with Gasteiger partial charge in [-0.1, -0.05) is 12.2 Å². The third-order valence-electron chi connectivity index (χ3n) is 6.25. The molecular weight excluding hydrogens is 434 g/mol. The number of hydrogen-bond acceptors (Lipinski definition) is 8. The van der Waals surface area contributed by atoms with E-state index in [2.05, 4.69) is 25.3 Å². The molecule has 3 aliphatic rings. The molecule has 5 rings (SSSR count). The van der Waals surface area contributed by atoms with Crippen LogP contribution in [-0.2, 0) is 11.3 Å². The molecule has 0 unspecified atom stereocenters. The van der Waals surface area contributed by atoms with E-state index in [1.54, 1.807) is 13.0 Å². The third-order valence-corrected chi connectivity index (χ3v) is 6.25. The van der Waals surface area contributed by atoms with Crippen molar-refractivity contribution in [1.82, 2.24) is 19.9 Å². The maximum Gasteiger partial charge on any atom is 0.273 e. The molecule has 1 saturated heterocycles. The summed E-state index contributed by atoms with van der Waals surface area (Å²) in [5.74, 6) is -0.786. The van der Waals surface area contributed by atoms with Crippen LogP contribution in [0.3, 0.4) is 0 Å². The highest BCUT2D eigenvalue weighted by molar-refractivity contribution is 6.47. The molecule has 0 spiro atoms. The van der Waals surface area contributed by atoms with Gasteiger partial charge in [-0.2, -0.15) is 0 Å². The molecule has 1 fully saturated rings. The molecule has 4 heterocycles. The number of halogens is 2. The van der Waals surface area contributed by atoms with Crippen molar-refractivity contribution < 1.29 is 23.8 Å². The summed E-state index contributed by atoms with van der Waals surface area (Å²) >= 11 is 0. The Labute approximate surface area is 187 Å². The first-order chi connectivity index (χ1) is 15.8. The van der Waals surface area contributed by atoms with Crippen molar-refractivity contribution in [2.75, 3.05) is 11.9 Å². The van der Waals surface area contributed by atoms with Crippen LogP contribution in [0, 0.1) is 12.7 Å². The van der Waals surface area contributed by atoms with E-state index in [-0.39, 0.29) is 31.0 Å². The fourth-order valence-electron chi connectivity index (χ4n) is 4.57. The van der Waals surface area contributed by atoms with Gasteiger partial charge in [0.1, 0.15) is 42.1 Å². The molecule has 1 aliphatic carbocycles. The summed E-state index contributed by atoms with van der Waals surface area (Å²) in [4.78, 5) is 31.7. The van der Waals surface area contributed by atoms with Crippen molar-refractivity contribution in [2.45, 2.75) is 50.4 Å². The van der Waals surface area contributed by atoms with Gasteiger partial charge in [0.2, 0.25) is 0 Å². The first-order valence-electron chi connectivity index (χ1n) is 10.6. The molecule has 5 atom stereocenters. The molecule has 2 aromatic heterocycles. The lowest BCUT2D eigenvalue weighted by Gasteiger charge is -2.26. The second-order valence-electron chi connectivity index (χ2n) is 8.38. The zero-order chi connectivity index (χ0) is 23.3. The van der Waals surface area contributed by atoms with Gasteiger partial charge in [0.15, 0.2) is 0 Å². The summed E-state index contributed by atoms with van der Waals surface area (Å²) < 4.78 is 28.3. The van der Waals surface area contributed by atoms with E-state index in [0.29, 0.717) is 22.5 Å². The lowest BCUT2D eigenvalue weighted by atomic mass is 10.0. The van der Waals surface area contributed by atoms with E-state index < -0.39 is 42.2 Å². The van der Waals surface area contributed by atoms with Crippen molar-refractivity contribution in [3.63, 3.8) is 0 Å². The van der Waals surface area contributed by atoms with Gasteiger partial charge >= 0.3 is 0 Å². The fraction of sp³-hybridized carbons (Fsp3) is 0.409. The molecular formula is C22H22F2N6O3. The van der Waals surface area contributed by atoms with Crippen molar-refractivity contribution in [2.24, 2.45) is 4.99 Å². The topological polar surface area (TPSA) is 124 Å². The summed E-state index contributed by atoms with van der Waals surface area (Å²) in [5.41, 5.74) is 1.95. The molecule has 0 saturated carbocycles. The van der Waals surface area contributed by atoms with Crippen LogP contribution in [-0.4, -0.2) is 72.6 Å². The molecule has 0 aromatic carbocycles. The quantitative estimate of drug-likeness (QED) is 0.587. The molecule has 172 valence electrons. The lowest BCUT2D eigenvalue weighted by Crippen LogP contribution is -2.38. The number of aryl methyl sites for hydroxylation is 1. The largest absolute Gasteiger partial charge is 0.388 e. The summed E-state index contributed by atoms with van der Waals surface area (Å²) in [6.45, 7) is 1.69. The van der Waals surface area contributed by atoms with E-state index >= 15 is 0 Å². The smallest absolute Gasteiger partial charge is 0.273 e. The van der Waals surface area contributed by atoms with Gasteiger partial charge in [0.25, 0.3) is 5.91 Å². The van der Waals surface area contributed by atoms with E-state index in [1.165, 1.54) is 23.4 Å². The molecule has 0 radical (unpaired) electrons. The molecule has 0 bridgehead atoms. The van der Waals surface area contributed by atoms with Crippen molar-refractivity contribution in [3.8, 4) is 0 Å².